The zero-order valence-electron chi connectivity index (χ0n) is 11.9. The zero-order chi connectivity index (χ0) is 14.7. The molecule has 3 heteroatoms. The average Bonchev–Trinajstić information content (AvgIpc) is 2.40. The summed E-state index contributed by atoms with van der Waals surface area (Å²) < 4.78 is 19.2. The van der Waals surface area contributed by atoms with Crippen molar-refractivity contribution in [1.82, 2.24) is 0 Å². The first-order chi connectivity index (χ1) is 9.47. The number of ether oxygens (including phenoxy) is 1. The number of hydrogen-bond donors (Lipinski definition) is 1. The Balaban J connectivity index is 2.28. The van der Waals surface area contributed by atoms with Crippen molar-refractivity contribution in [2.45, 2.75) is 33.0 Å². The summed E-state index contributed by atoms with van der Waals surface area (Å²) >= 11 is 0. The minimum atomic E-state index is -0.860. The quantitative estimate of drug-likeness (QED) is 0.913. The predicted molar refractivity (Wildman–Crippen MR) is 77.4 cm³/mol. The van der Waals surface area contributed by atoms with Gasteiger partial charge in [0.05, 0.1) is 6.10 Å². The first-order valence-electron chi connectivity index (χ1n) is 6.68. The van der Waals surface area contributed by atoms with Crippen LogP contribution in [0.2, 0.25) is 0 Å². The molecule has 2 nitrogen and oxygen atoms in total. The Hall–Kier alpha value is -1.87. The van der Waals surface area contributed by atoms with Gasteiger partial charge in [0.2, 0.25) is 0 Å². The van der Waals surface area contributed by atoms with Gasteiger partial charge in [-0.1, -0.05) is 24.3 Å². The van der Waals surface area contributed by atoms with Crippen LogP contribution in [0.25, 0.3) is 0 Å². The van der Waals surface area contributed by atoms with Crippen molar-refractivity contribution < 1.29 is 14.2 Å². The molecule has 0 aliphatic carbocycles. The highest BCUT2D eigenvalue weighted by atomic mass is 19.1. The van der Waals surface area contributed by atoms with Crippen molar-refractivity contribution >= 4 is 0 Å². The van der Waals surface area contributed by atoms with Crippen molar-refractivity contribution in [2.75, 3.05) is 0 Å². The smallest absolute Gasteiger partial charge is 0.126 e. The third-order valence-corrected chi connectivity index (χ3v) is 3.06. The molecule has 0 amide bonds. The minimum absolute atomic E-state index is 0.0687. The number of halogens is 1. The molecule has 0 saturated heterocycles. The van der Waals surface area contributed by atoms with Crippen molar-refractivity contribution in [3.63, 3.8) is 0 Å². The van der Waals surface area contributed by atoms with Crippen LogP contribution in [-0.4, -0.2) is 11.2 Å². The Morgan fingerprint density at radius 3 is 2.40 bits per heavy atom. The Morgan fingerprint density at radius 1 is 1.05 bits per heavy atom. The molecule has 2 aromatic carbocycles. The van der Waals surface area contributed by atoms with Crippen LogP contribution in [-0.2, 0) is 0 Å². The van der Waals surface area contributed by atoms with Gasteiger partial charge in [-0.05, 0) is 55.7 Å². The van der Waals surface area contributed by atoms with Gasteiger partial charge in [0.15, 0.2) is 0 Å². The van der Waals surface area contributed by atoms with Crippen LogP contribution in [0.1, 0.15) is 36.6 Å². The van der Waals surface area contributed by atoms with Gasteiger partial charge >= 0.3 is 0 Å². The van der Waals surface area contributed by atoms with E-state index in [0.29, 0.717) is 22.4 Å². The minimum Gasteiger partial charge on any atom is -0.491 e. The lowest BCUT2D eigenvalue weighted by Gasteiger charge is -2.15. The molecule has 1 atom stereocenters. The van der Waals surface area contributed by atoms with Gasteiger partial charge < -0.3 is 9.84 Å². The Bertz CT molecular complexity index is 593. The molecule has 0 radical (unpaired) electrons. The van der Waals surface area contributed by atoms with Gasteiger partial charge in [-0.25, -0.2) is 4.39 Å². The summed E-state index contributed by atoms with van der Waals surface area (Å²) in [6.45, 7) is 5.58. The van der Waals surface area contributed by atoms with E-state index in [4.69, 9.17) is 4.74 Å². The van der Waals surface area contributed by atoms with Crippen molar-refractivity contribution in [3.8, 4) is 5.75 Å². The van der Waals surface area contributed by atoms with E-state index in [9.17, 15) is 9.50 Å². The van der Waals surface area contributed by atoms with Crippen LogP contribution >= 0.6 is 0 Å². The molecule has 1 N–H and O–H groups in total. The molecule has 0 aliphatic heterocycles. The summed E-state index contributed by atoms with van der Waals surface area (Å²) in [6, 6.07) is 12.0. The van der Waals surface area contributed by atoms with E-state index in [-0.39, 0.29) is 11.9 Å². The van der Waals surface area contributed by atoms with E-state index in [1.807, 2.05) is 26.0 Å². The molecule has 0 fully saturated rings. The Labute approximate surface area is 118 Å². The number of benzene rings is 2. The third kappa shape index (κ3) is 3.36. The van der Waals surface area contributed by atoms with Gasteiger partial charge in [-0.2, -0.15) is 0 Å². The van der Waals surface area contributed by atoms with Gasteiger partial charge in [0.1, 0.15) is 17.7 Å². The Morgan fingerprint density at radius 2 is 1.75 bits per heavy atom. The molecule has 106 valence electrons. The molecule has 0 aliphatic rings. The van der Waals surface area contributed by atoms with E-state index < -0.39 is 6.10 Å². The fourth-order valence-corrected chi connectivity index (χ4v) is 2.00. The second kappa shape index (κ2) is 6.06. The van der Waals surface area contributed by atoms with Crippen LogP contribution in [0, 0.1) is 12.7 Å². The highest BCUT2D eigenvalue weighted by Gasteiger charge is 2.13. The number of aliphatic hydroxyl groups is 1. The normalized spacial score (nSPS) is 12.5. The molecule has 0 aromatic heterocycles. The molecular weight excluding hydrogens is 255 g/mol. The Kier molecular flexibility index (Phi) is 4.40. The number of aliphatic hydroxyl groups excluding tert-OH is 1. The maximum atomic E-state index is 13.6. The monoisotopic (exact) mass is 274 g/mol. The van der Waals surface area contributed by atoms with Crippen molar-refractivity contribution in [3.05, 3.63) is 65.0 Å². The van der Waals surface area contributed by atoms with Crippen LogP contribution in [0.15, 0.2) is 42.5 Å². The lowest BCUT2D eigenvalue weighted by molar-refractivity contribution is 0.216. The number of aryl methyl sites for hydroxylation is 1. The van der Waals surface area contributed by atoms with E-state index >= 15 is 0 Å². The molecule has 1 unspecified atom stereocenters. The summed E-state index contributed by atoms with van der Waals surface area (Å²) in [5.74, 6) is 0.389. The lowest BCUT2D eigenvalue weighted by Crippen LogP contribution is -2.06. The first kappa shape index (κ1) is 14.5. The molecule has 2 rings (SSSR count). The van der Waals surface area contributed by atoms with Crippen LogP contribution < -0.4 is 4.74 Å². The van der Waals surface area contributed by atoms with E-state index in [1.54, 1.807) is 31.2 Å². The van der Waals surface area contributed by atoms with E-state index in [2.05, 4.69) is 0 Å². The van der Waals surface area contributed by atoms with Gasteiger partial charge in [0.25, 0.3) is 0 Å². The maximum Gasteiger partial charge on any atom is 0.126 e. The van der Waals surface area contributed by atoms with E-state index in [1.165, 1.54) is 6.07 Å². The molecule has 0 spiro atoms. The zero-order valence-corrected chi connectivity index (χ0v) is 11.9. The SMILES string of the molecule is Cc1ccc(C(O)c2cccc(OC(C)C)c2)cc1F. The van der Waals surface area contributed by atoms with Crippen molar-refractivity contribution in [2.24, 2.45) is 0 Å². The number of hydrogen-bond acceptors (Lipinski definition) is 2. The second-order valence-corrected chi connectivity index (χ2v) is 5.15. The fraction of sp³-hybridized carbons (Fsp3) is 0.294. The summed E-state index contributed by atoms with van der Waals surface area (Å²) in [7, 11) is 0. The number of rotatable bonds is 4. The van der Waals surface area contributed by atoms with Gasteiger partial charge in [-0.3, -0.25) is 0 Å². The largest absolute Gasteiger partial charge is 0.491 e. The molecule has 2 aromatic rings. The van der Waals surface area contributed by atoms with Crippen LogP contribution in [0.5, 0.6) is 5.75 Å². The van der Waals surface area contributed by atoms with Gasteiger partial charge in [-0.15, -0.1) is 0 Å². The molecule has 0 bridgehead atoms. The second-order valence-electron chi connectivity index (χ2n) is 5.15. The molecule has 20 heavy (non-hydrogen) atoms. The summed E-state index contributed by atoms with van der Waals surface area (Å²) in [4.78, 5) is 0. The topological polar surface area (TPSA) is 29.5 Å². The molecule has 0 saturated carbocycles. The highest BCUT2D eigenvalue weighted by molar-refractivity contribution is 5.36. The molecular formula is C17H19FO2. The van der Waals surface area contributed by atoms with E-state index in [0.717, 1.165) is 0 Å². The molecule has 0 heterocycles. The van der Waals surface area contributed by atoms with Crippen LogP contribution in [0.3, 0.4) is 0 Å². The maximum absolute atomic E-state index is 13.6. The first-order valence-corrected chi connectivity index (χ1v) is 6.68. The third-order valence-electron chi connectivity index (χ3n) is 3.06. The fourth-order valence-electron chi connectivity index (χ4n) is 2.00. The summed E-state index contributed by atoms with van der Waals surface area (Å²) in [5.41, 5.74) is 1.79. The van der Waals surface area contributed by atoms with Crippen molar-refractivity contribution in [1.29, 1.82) is 0 Å². The van der Waals surface area contributed by atoms with Gasteiger partial charge in [0, 0.05) is 0 Å². The summed E-state index contributed by atoms with van der Waals surface area (Å²) in [6.07, 6.45) is -0.792. The summed E-state index contributed by atoms with van der Waals surface area (Å²) in [5, 5.41) is 10.3. The average molecular weight is 274 g/mol. The van der Waals surface area contributed by atoms with Crippen LogP contribution in [0.4, 0.5) is 4.39 Å². The standard InChI is InChI=1S/C17H19FO2/c1-11(2)20-15-6-4-5-13(9-15)17(19)14-8-7-12(3)16(18)10-14/h4-11,17,19H,1-3H3. The highest BCUT2D eigenvalue weighted by Crippen LogP contribution is 2.26. The lowest BCUT2D eigenvalue weighted by atomic mass is 10.00. The predicted octanol–water partition coefficient (Wildman–Crippen LogP) is 4.00.